The molecule has 20 rings (SSSR count). The summed E-state index contributed by atoms with van der Waals surface area (Å²) in [6.07, 6.45) is 24.7. The Hall–Kier alpha value is -14.7. The van der Waals surface area contributed by atoms with E-state index in [-0.39, 0.29) is 46.8 Å². The zero-order chi connectivity index (χ0) is 91.5. The number of rotatable bonds is 24. The molecule has 0 atom stereocenters. The van der Waals surface area contributed by atoms with Gasteiger partial charge in [0.2, 0.25) is 23.6 Å². The maximum Gasteiger partial charge on any atom is 0.343 e. The molecule has 14 aromatic rings. The fourth-order valence-corrected chi connectivity index (χ4v) is 17.6. The number of pyridine rings is 2. The van der Waals surface area contributed by atoms with Crippen LogP contribution < -0.4 is 11.3 Å². The second-order valence-electron chi connectivity index (χ2n) is 33.8. The van der Waals surface area contributed by atoms with E-state index < -0.39 is 0 Å². The molecule has 0 radical (unpaired) electrons. The number of hydrogen-bond acceptors (Lipinski definition) is 26. The van der Waals surface area contributed by atoms with Gasteiger partial charge in [-0.25, -0.2) is 62.8 Å². The van der Waals surface area contributed by atoms with Gasteiger partial charge in [-0.2, -0.15) is 20.4 Å². The lowest BCUT2D eigenvalue weighted by Gasteiger charge is -2.35. The molecule has 34 heteroatoms. The first-order valence-corrected chi connectivity index (χ1v) is 45.0. The van der Waals surface area contributed by atoms with E-state index in [0.717, 1.165) is 217 Å². The minimum absolute atomic E-state index is 0.101. The number of ether oxygens (including phenoxy) is 2. The maximum atomic E-state index is 12.8. The molecule has 0 bridgehead atoms. The number of carbonyl (C=O) groups excluding carboxylic acids is 6. The van der Waals surface area contributed by atoms with Crippen molar-refractivity contribution < 1.29 is 47.1 Å². The molecule has 4 amide bonds. The highest BCUT2D eigenvalue weighted by atomic mass is 16.5. The first kappa shape index (κ1) is 90.2. The molecular formula is C99H104N22O12. The van der Waals surface area contributed by atoms with Crippen LogP contribution in [0, 0.1) is 13.8 Å². The largest absolute Gasteiger partial charge is 0.462 e. The normalized spacial score (nSPS) is 15.4. The lowest BCUT2D eigenvalue weighted by molar-refractivity contribution is -0.133. The summed E-state index contributed by atoms with van der Waals surface area (Å²) in [6.45, 7) is 21.6. The number of aromatic nitrogens is 14. The van der Waals surface area contributed by atoms with Crippen molar-refractivity contribution in [3.05, 3.63) is 320 Å². The number of cyclic esters (lactones) is 2. The van der Waals surface area contributed by atoms with Crippen LogP contribution in [0.1, 0.15) is 87.6 Å². The minimum atomic E-state index is -0.304. The van der Waals surface area contributed by atoms with Crippen LogP contribution in [0.3, 0.4) is 0 Å². The van der Waals surface area contributed by atoms with Crippen molar-refractivity contribution in [3.63, 3.8) is 0 Å². The predicted octanol–water partition coefficient (Wildman–Crippen LogP) is 7.79. The van der Waals surface area contributed by atoms with E-state index in [9.17, 15) is 38.4 Å². The van der Waals surface area contributed by atoms with Crippen molar-refractivity contribution in [1.82, 2.24) is 108 Å². The van der Waals surface area contributed by atoms with Crippen molar-refractivity contribution in [3.8, 4) is 22.9 Å². The number of piperazine rings is 4. The summed E-state index contributed by atoms with van der Waals surface area (Å²) in [4.78, 5) is 140. The average molecular weight is 1790 g/mol. The molecule has 0 unspecified atom stereocenters. The molecule has 4 saturated heterocycles. The Morgan fingerprint density at radius 3 is 1.17 bits per heavy atom. The second kappa shape index (κ2) is 42.9. The summed E-state index contributed by atoms with van der Waals surface area (Å²) >= 11 is 0. The molecule has 6 aromatic carbocycles. The molecule has 0 aliphatic carbocycles. The van der Waals surface area contributed by atoms with Gasteiger partial charge in [-0.3, -0.25) is 43.8 Å². The van der Waals surface area contributed by atoms with Crippen LogP contribution in [0.2, 0.25) is 0 Å². The van der Waals surface area contributed by atoms with Crippen molar-refractivity contribution in [2.45, 2.75) is 78.2 Å². The van der Waals surface area contributed by atoms with Gasteiger partial charge in [0.15, 0.2) is 5.82 Å². The zero-order valence-corrected chi connectivity index (χ0v) is 74.4. The fraction of sp³-hybridized carbons (Fsp3) is 0.333. The monoisotopic (exact) mass is 1790 g/mol. The Morgan fingerprint density at radius 2 is 0.744 bits per heavy atom. The summed E-state index contributed by atoms with van der Waals surface area (Å²) in [5, 5.41) is 19.4. The molecule has 133 heavy (non-hydrogen) atoms. The number of amides is 4. The summed E-state index contributed by atoms with van der Waals surface area (Å²) < 4.78 is 26.8. The summed E-state index contributed by atoms with van der Waals surface area (Å²) in [5.74, 6) is 0.815. The molecule has 0 saturated carbocycles. The Kier molecular flexibility index (Phi) is 29.1. The lowest BCUT2D eigenvalue weighted by Crippen LogP contribution is -2.49. The Labute approximate surface area is 767 Å². The first-order chi connectivity index (χ1) is 65.0. The minimum Gasteiger partial charge on any atom is -0.462 e. The van der Waals surface area contributed by atoms with Crippen molar-refractivity contribution in [2.24, 2.45) is 0 Å². The smallest absolute Gasteiger partial charge is 0.343 e. The van der Waals surface area contributed by atoms with Gasteiger partial charge in [0, 0.05) is 155 Å². The molecule has 8 aromatic heterocycles. The van der Waals surface area contributed by atoms with E-state index in [1.807, 2.05) is 153 Å². The highest BCUT2D eigenvalue weighted by Crippen LogP contribution is 2.29. The van der Waals surface area contributed by atoms with E-state index in [1.165, 1.54) is 65.7 Å². The van der Waals surface area contributed by atoms with Gasteiger partial charge in [0.1, 0.15) is 57.2 Å². The molecule has 0 spiro atoms. The van der Waals surface area contributed by atoms with E-state index in [2.05, 4.69) is 95.9 Å². The predicted molar refractivity (Wildman–Crippen MR) is 493 cm³/mol. The molecule has 14 heterocycles. The third kappa shape index (κ3) is 23.0. The van der Waals surface area contributed by atoms with Crippen LogP contribution in [0.15, 0.2) is 240 Å². The lowest BCUT2D eigenvalue weighted by atomic mass is 9.92. The van der Waals surface area contributed by atoms with Gasteiger partial charge in [0.05, 0.1) is 90.0 Å². The topological polar surface area (TPSA) is 356 Å². The number of carbonyl (C=O) groups is 6. The van der Waals surface area contributed by atoms with Crippen molar-refractivity contribution in [2.75, 3.05) is 138 Å². The molecule has 0 N–H and O–H groups in total. The van der Waals surface area contributed by atoms with Gasteiger partial charge in [-0.15, -0.1) is 0 Å². The van der Waals surface area contributed by atoms with E-state index in [4.69, 9.17) is 18.3 Å². The number of nitrogens with zero attached hydrogens (tertiary/aromatic N) is 22. The van der Waals surface area contributed by atoms with Gasteiger partial charge >= 0.3 is 23.2 Å². The average Bonchev–Trinajstić information content (AvgIpc) is 1.55. The Balaban J connectivity index is 0.000000124. The molecule has 682 valence electrons. The van der Waals surface area contributed by atoms with Crippen LogP contribution >= 0.6 is 0 Å². The quantitative estimate of drug-likeness (QED) is 0.0521. The second-order valence-corrected chi connectivity index (χ2v) is 33.8. The molecule has 6 aliphatic rings. The van der Waals surface area contributed by atoms with E-state index in [0.29, 0.717) is 79.7 Å². The Bertz CT molecular complexity index is 6260. The standard InChI is InChI=1S/C26H29N5O3.C25H25N5O3.C24H26N6O3.C24H24N6O3/c1-19-21(4-7-24-23(19)9-15-34-26(24)33)8-10-29-11-13-30(14-12-29)25(32)16-20-2-5-22(6-3-20)31-18-27-17-28-31;31-24(16-19-1-4-22(5-2-19)30-18-26-17-27-30)29-12-10-28(11-13-29)9-7-20-3-6-23-21(15-20)8-14-33-25(23)32;1-17-19(3-4-20-21(17)14-33-24(20)32)6-7-28-8-10-29(11-9-28)23(31)12-18-2-5-22(26-13-18)30-16-25-15-27-30;31-23(14-20-2-3-21(15-26-20)30-17-25-16-27-30)29-10-8-28(9-11-29)7-5-18-1-4-22-19(13-18)6-12-33-24(22)32/h2-7,17-18H,8-16H2,1H3;1-6,8,14-15,17-18H,7,9-13,16H2;2-5,13,15-16H,6-12,14H2,1H3;1-4,6,12-13,15-17H,5,7-11,14H2. The van der Waals surface area contributed by atoms with Gasteiger partial charge < -0.3 is 37.9 Å². The summed E-state index contributed by atoms with van der Waals surface area (Å²) in [7, 11) is 0. The third-order valence-corrected chi connectivity index (χ3v) is 25.6. The number of benzene rings is 6. The SMILES string of the molecule is Cc1c(CCN2CCN(C(=O)Cc3ccc(-n4cncn4)cc3)CC2)ccc2c1CCOC2=O.Cc1c(CCN2CCN(C(=O)Cc3ccc(-n4cncn4)nc3)CC2)ccc2c1COC2=O.O=C(Cc1ccc(-n2cncn2)cc1)N1CCN(CCc2ccc3c(=O)occc3c2)CC1.O=C(Cc1ccc(-n2cncn2)cn1)N1CCN(CCc2ccc3c(=O)occc3c2)CC1. The molecule has 6 aliphatic heterocycles. The fourth-order valence-electron chi connectivity index (χ4n) is 17.6. The Morgan fingerprint density at radius 1 is 0.353 bits per heavy atom. The van der Waals surface area contributed by atoms with E-state index >= 15 is 0 Å². The van der Waals surface area contributed by atoms with Gasteiger partial charge in [-0.1, -0.05) is 66.7 Å². The van der Waals surface area contributed by atoms with Gasteiger partial charge in [0.25, 0.3) is 0 Å². The number of fused-ring (bicyclic) bond motifs is 4. The van der Waals surface area contributed by atoms with Crippen molar-refractivity contribution >= 4 is 57.1 Å². The number of hydrogen-bond donors (Lipinski definition) is 0. The summed E-state index contributed by atoms with van der Waals surface area (Å²) in [6, 6.07) is 46.5. The maximum absolute atomic E-state index is 12.8. The highest BCUT2D eigenvalue weighted by Gasteiger charge is 2.30. The van der Waals surface area contributed by atoms with Gasteiger partial charge in [-0.05, 0) is 185 Å². The van der Waals surface area contributed by atoms with Crippen LogP contribution in [0.25, 0.3) is 44.4 Å². The molecule has 4 fully saturated rings. The molecular weight excluding hydrogens is 1690 g/mol. The zero-order valence-electron chi connectivity index (χ0n) is 74.4. The van der Waals surface area contributed by atoms with Crippen LogP contribution in [-0.2, 0) is 93.0 Å². The van der Waals surface area contributed by atoms with Crippen LogP contribution in [-0.4, -0.2) is 281 Å². The van der Waals surface area contributed by atoms with Crippen LogP contribution in [0.5, 0.6) is 0 Å². The number of esters is 2. The van der Waals surface area contributed by atoms with Crippen LogP contribution in [0.4, 0.5) is 0 Å². The highest BCUT2D eigenvalue weighted by molar-refractivity contribution is 5.94. The molecule has 34 nitrogen and oxygen atoms in total. The first-order valence-electron chi connectivity index (χ1n) is 45.0. The van der Waals surface area contributed by atoms with E-state index in [1.54, 1.807) is 56.4 Å². The van der Waals surface area contributed by atoms with Crippen molar-refractivity contribution in [1.29, 1.82) is 0 Å². The summed E-state index contributed by atoms with van der Waals surface area (Å²) in [5.41, 5.74) is 16.6. The third-order valence-electron chi connectivity index (χ3n) is 25.6.